The van der Waals surface area contributed by atoms with Crippen molar-refractivity contribution < 1.29 is 14.3 Å². The van der Waals surface area contributed by atoms with E-state index in [2.05, 4.69) is 10.3 Å². The van der Waals surface area contributed by atoms with Crippen LogP contribution in [0.25, 0.3) is 11.3 Å². The van der Waals surface area contributed by atoms with Crippen LogP contribution in [0.2, 0.25) is 0 Å². The maximum Gasteiger partial charge on any atom is 0.231 e. The van der Waals surface area contributed by atoms with Crippen LogP contribution < -0.4 is 15.0 Å². The smallest absolute Gasteiger partial charge is 0.231 e. The molecule has 1 saturated heterocycles. The molecule has 3 aromatic rings. The summed E-state index contributed by atoms with van der Waals surface area (Å²) in [7, 11) is 0. The highest BCUT2D eigenvalue weighted by Crippen LogP contribution is 2.29. The molecule has 1 N–H and O–H groups in total. The SMILES string of the molecule is CCOc1ccc(-c2csc(NC(=O)[C@H]3CC(=O)N(c4ccc(C)cc4)C3)n2)cc1. The minimum Gasteiger partial charge on any atom is -0.494 e. The van der Waals surface area contributed by atoms with E-state index in [1.165, 1.54) is 11.3 Å². The number of rotatable bonds is 6. The molecule has 0 radical (unpaired) electrons. The summed E-state index contributed by atoms with van der Waals surface area (Å²) < 4.78 is 5.46. The molecule has 0 aliphatic carbocycles. The second-order valence-corrected chi connectivity index (χ2v) is 8.08. The van der Waals surface area contributed by atoms with Crippen molar-refractivity contribution in [2.24, 2.45) is 5.92 Å². The van der Waals surface area contributed by atoms with Crippen LogP contribution in [-0.4, -0.2) is 29.9 Å². The third-order valence-electron chi connectivity index (χ3n) is 5.04. The average Bonchev–Trinajstić information content (AvgIpc) is 3.36. The normalized spacial score (nSPS) is 16.0. The van der Waals surface area contributed by atoms with E-state index >= 15 is 0 Å². The predicted molar refractivity (Wildman–Crippen MR) is 119 cm³/mol. The Morgan fingerprint density at radius 3 is 2.63 bits per heavy atom. The number of carbonyl (C=O) groups excluding carboxylic acids is 2. The fourth-order valence-electron chi connectivity index (χ4n) is 3.42. The van der Waals surface area contributed by atoms with Gasteiger partial charge in [-0.2, -0.15) is 0 Å². The van der Waals surface area contributed by atoms with E-state index in [0.29, 0.717) is 18.3 Å². The number of hydrogen-bond donors (Lipinski definition) is 1. The molecule has 1 atom stereocenters. The number of hydrogen-bond acceptors (Lipinski definition) is 5. The molecule has 7 heteroatoms. The highest BCUT2D eigenvalue weighted by molar-refractivity contribution is 7.14. The molecule has 2 aromatic carbocycles. The number of benzene rings is 2. The van der Waals surface area contributed by atoms with Gasteiger partial charge in [0.2, 0.25) is 11.8 Å². The fourth-order valence-corrected chi connectivity index (χ4v) is 4.14. The van der Waals surface area contributed by atoms with E-state index < -0.39 is 5.92 Å². The van der Waals surface area contributed by atoms with Crippen molar-refractivity contribution in [1.82, 2.24) is 4.98 Å². The predicted octanol–water partition coefficient (Wildman–Crippen LogP) is 4.51. The minimum atomic E-state index is -0.392. The lowest BCUT2D eigenvalue weighted by molar-refractivity contribution is -0.122. The molecular weight excluding hydrogens is 398 g/mol. The maximum absolute atomic E-state index is 12.7. The molecule has 4 rings (SSSR count). The summed E-state index contributed by atoms with van der Waals surface area (Å²) in [5.41, 5.74) is 3.71. The van der Waals surface area contributed by atoms with Gasteiger partial charge in [-0.3, -0.25) is 9.59 Å². The quantitative estimate of drug-likeness (QED) is 0.636. The van der Waals surface area contributed by atoms with Gasteiger partial charge in [-0.25, -0.2) is 4.98 Å². The summed E-state index contributed by atoms with van der Waals surface area (Å²) in [5.74, 6) is 0.212. The van der Waals surface area contributed by atoms with E-state index in [4.69, 9.17) is 4.74 Å². The largest absolute Gasteiger partial charge is 0.494 e. The molecule has 6 nitrogen and oxygen atoms in total. The van der Waals surface area contributed by atoms with Crippen molar-refractivity contribution in [1.29, 1.82) is 0 Å². The Morgan fingerprint density at radius 2 is 1.93 bits per heavy atom. The average molecular weight is 422 g/mol. The number of amides is 2. The van der Waals surface area contributed by atoms with Crippen molar-refractivity contribution in [2.75, 3.05) is 23.4 Å². The van der Waals surface area contributed by atoms with Crippen LogP contribution >= 0.6 is 11.3 Å². The van der Waals surface area contributed by atoms with Gasteiger partial charge in [0.15, 0.2) is 5.13 Å². The first-order chi connectivity index (χ1) is 14.5. The van der Waals surface area contributed by atoms with Crippen LogP contribution in [0.5, 0.6) is 5.75 Å². The van der Waals surface area contributed by atoms with Gasteiger partial charge >= 0.3 is 0 Å². The summed E-state index contributed by atoms with van der Waals surface area (Å²) >= 11 is 1.37. The first-order valence-corrected chi connectivity index (χ1v) is 10.8. The third kappa shape index (κ3) is 4.36. The number of nitrogens with zero attached hydrogens (tertiary/aromatic N) is 2. The summed E-state index contributed by atoms with van der Waals surface area (Å²) in [4.78, 5) is 31.3. The highest BCUT2D eigenvalue weighted by Gasteiger charge is 2.35. The second kappa shape index (κ2) is 8.67. The Kier molecular flexibility index (Phi) is 5.81. The van der Waals surface area contributed by atoms with Crippen LogP contribution in [0.3, 0.4) is 0 Å². The van der Waals surface area contributed by atoms with Crippen LogP contribution in [0.15, 0.2) is 53.9 Å². The van der Waals surface area contributed by atoms with Crippen LogP contribution in [0.4, 0.5) is 10.8 Å². The molecule has 0 unspecified atom stereocenters. The number of aryl methyl sites for hydroxylation is 1. The molecule has 1 aliphatic rings. The summed E-state index contributed by atoms with van der Waals surface area (Å²) in [5, 5.41) is 5.31. The van der Waals surface area contributed by atoms with Crippen molar-refractivity contribution >= 4 is 34.0 Å². The third-order valence-corrected chi connectivity index (χ3v) is 5.79. The summed E-state index contributed by atoms with van der Waals surface area (Å²) in [6.07, 6.45) is 0.205. The van der Waals surface area contributed by atoms with E-state index in [1.54, 1.807) is 4.90 Å². The number of thiazole rings is 1. The number of nitrogens with one attached hydrogen (secondary N) is 1. The number of anilines is 2. The van der Waals surface area contributed by atoms with Gasteiger partial charge in [0, 0.05) is 29.6 Å². The highest BCUT2D eigenvalue weighted by atomic mass is 32.1. The molecule has 1 aliphatic heterocycles. The van der Waals surface area contributed by atoms with Gasteiger partial charge in [-0.05, 0) is 50.2 Å². The zero-order chi connectivity index (χ0) is 21.1. The van der Waals surface area contributed by atoms with Crippen molar-refractivity contribution in [3.63, 3.8) is 0 Å². The topological polar surface area (TPSA) is 71.5 Å². The Bertz CT molecular complexity index is 1040. The van der Waals surface area contributed by atoms with Crippen LogP contribution in [-0.2, 0) is 9.59 Å². The summed E-state index contributed by atoms with van der Waals surface area (Å²) in [6, 6.07) is 15.5. The Hall–Kier alpha value is -3.19. The number of carbonyl (C=O) groups is 2. The molecule has 1 fully saturated rings. The molecule has 2 amide bonds. The van der Waals surface area contributed by atoms with E-state index in [0.717, 1.165) is 28.3 Å². The molecule has 154 valence electrons. The van der Waals surface area contributed by atoms with Gasteiger partial charge in [-0.15, -0.1) is 11.3 Å². The Labute approximate surface area is 179 Å². The molecule has 0 bridgehead atoms. The first-order valence-electron chi connectivity index (χ1n) is 9.90. The maximum atomic E-state index is 12.7. The van der Waals surface area contributed by atoms with Gasteiger partial charge in [0.25, 0.3) is 0 Å². The lowest BCUT2D eigenvalue weighted by Crippen LogP contribution is -2.28. The number of ether oxygens (including phenoxy) is 1. The second-order valence-electron chi connectivity index (χ2n) is 7.23. The van der Waals surface area contributed by atoms with Gasteiger partial charge < -0.3 is 15.0 Å². The zero-order valence-electron chi connectivity index (χ0n) is 16.9. The van der Waals surface area contributed by atoms with E-state index in [9.17, 15) is 9.59 Å². The first kappa shape index (κ1) is 20.1. The van der Waals surface area contributed by atoms with Crippen molar-refractivity contribution in [2.45, 2.75) is 20.3 Å². The minimum absolute atomic E-state index is 0.0341. The molecule has 0 saturated carbocycles. The molecule has 2 heterocycles. The van der Waals surface area contributed by atoms with Gasteiger partial charge in [0.1, 0.15) is 5.75 Å². The number of aromatic nitrogens is 1. The molecule has 30 heavy (non-hydrogen) atoms. The van der Waals surface area contributed by atoms with E-state index in [-0.39, 0.29) is 18.2 Å². The Morgan fingerprint density at radius 1 is 1.20 bits per heavy atom. The lowest BCUT2D eigenvalue weighted by Gasteiger charge is -2.16. The molecular formula is C23H23N3O3S. The monoisotopic (exact) mass is 421 g/mol. The zero-order valence-corrected chi connectivity index (χ0v) is 17.7. The fraction of sp³-hybridized carbons (Fsp3) is 0.261. The van der Waals surface area contributed by atoms with Gasteiger partial charge in [0.05, 0.1) is 18.2 Å². The van der Waals surface area contributed by atoms with Crippen molar-refractivity contribution in [3.05, 3.63) is 59.5 Å². The Balaban J connectivity index is 1.40. The molecule has 1 aromatic heterocycles. The van der Waals surface area contributed by atoms with Gasteiger partial charge in [-0.1, -0.05) is 17.7 Å². The van der Waals surface area contributed by atoms with Crippen LogP contribution in [0, 0.1) is 12.8 Å². The van der Waals surface area contributed by atoms with Crippen LogP contribution in [0.1, 0.15) is 18.9 Å². The molecule has 0 spiro atoms. The standard InChI is InChI=1S/C23H23N3O3S/c1-3-29-19-10-6-16(7-11-19)20-14-30-23(24-20)25-22(28)17-12-21(27)26(13-17)18-8-4-15(2)5-9-18/h4-11,14,17H,3,12-13H2,1-2H3,(H,24,25,28)/t17-/m0/s1. The van der Waals surface area contributed by atoms with E-state index in [1.807, 2.05) is 67.8 Å². The summed E-state index contributed by atoms with van der Waals surface area (Å²) in [6.45, 7) is 4.95. The lowest BCUT2D eigenvalue weighted by atomic mass is 10.1. The van der Waals surface area contributed by atoms with Crippen molar-refractivity contribution in [3.8, 4) is 17.0 Å².